The predicted molar refractivity (Wildman–Crippen MR) is 107 cm³/mol. The van der Waals surface area contributed by atoms with Gasteiger partial charge in [-0.05, 0) is 16.7 Å². The van der Waals surface area contributed by atoms with Crippen molar-refractivity contribution in [1.29, 1.82) is 0 Å². The van der Waals surface area contributed by atoms with Gasteiger partial charge in [-0.15, -0.1) is 10.2 Å². The van der Waals surface area contributed by atoms with Gasteiger partial charge in [-0.1, -0.05) is 74.5 Å². The van der Waals surface area contributed by atoms with Gasteiger partial charge >= 0.3 is 5.97 Å². The number of hydrogen-bond donors (Lipinski definition) is 2. The molecule has 0 saturated heterocycles. The fourth-order valence-corrected chi connectivity index (χ4v) is 3.06. The fourth-order valence-electron chi connectivity index (χ4n) is 3.06. The smallest absolute Gasteiger partial charge is 0.312 e. The number of rotatable bonds is 8. The van der Waals surface area contributed by atoms with Crippen LogP contribution in [-0.2, 0) is 9.59 Å². The molecule has 0 radical (unpaired) electrons. The molecule has 2 unspecified atom stereocenters. The Morgan fingerprint density at radius 3 is 2.24 bits per heavy atom. The second-order valence-electron chi connectivity index (χ2n) is 7.03. The number of benzene rings is 2. The maximum absolute atomic E-state index is 12.9. The number of carbonyl (C=O) groups is 2. The monoisotopic (exact) mass is 393 g/mol. The van der Waals surface area contributed by atoms with E-state index >= 15 is 0 Å². The number of carboxylic acid groups (broad SMARTS) is 1. The first kappa shape index (κ1) is 20.2. The minimum Gasteiger partial charge on any atom is -0.481 e. The van der Waals surface area contributed by atoms with Crippen LogP contribution >= 0.6 is 0 Å². The quantitative estimate of drug-likeness (QED) is 0.608. The second-order valence-corrected chi connectivity index (χ2v) is 7.03. The zero-order valence-electron chi connectivity index (χ0n) is 16.3. The number of carbonyl (C=O) groups excluding carboxylic acids is 1. The number of aliphatic carboxylic acids is 1. The van der Waals surface area contributed by atoms with Crippen molar-refractivity contribution >= 4 is 11.9 Å². The molecule has 8 heteroatoms. The average molecular weight is 393 g/mol. The Kier molecular flexibility index (Phi) is 6.33. The summed E-state index contributed by atoms with van der Waals surface area (Å²) in [4.78, 5) is 25.8. The van der Waals surface area contributed by atoms with Crippen molar-refractivity contribution in [2.24, 2.45) is 5.92 Å². The minimum atomic E-state index is -0.997. The summed E-state index contributed by atoms with van der Waals surface area (Å²) < 4.78 is 0. The van der Waals surface area contributed by atoms with Crippen molar-refractivity contribution in [3.63, 3.8) is 0 Å². The van der Waals surface area contributed by atoms with Crippen molar-refractivity contribution < 1.29 is 14.7 Å². The molecule has 2 atom stereocenters. The fraction of sp³-hybridized carbons (Fsp3) is 0.286. The molecule has 0 spiro atoms. The number of amides is 1. The van der Waals surface area contributed by atoms with Crippen molar-refractivity contribution in [1.82, 2.24) is 25.5 Å². The van der Waals surface area contributed by atoms with Crippen LogP contribution in [0.3, 0.4) is 0 Å². The molecule has 0 aliphatic rings. The van der Waals surface area contributed by atoms with E-state index in [1.165, 1.54) is 4.80 Å². The molecule has 29 heavy (non-hydrogen) atoms. The van der Waals surface area contributed by atoms with E-state index in [9.17, 15) is 14.7 Å². The van der Waals surface area contributed by atoms with Gasteiger partial charge in [-0.2, -0.15) is 4.80 Å². The molecule has 2 N–H and O–H groups in total. The van der Waals surface area contributed by atoms with Gasteiger partial charge in [0.2, 0.25) is 11.7 Å². The molecule has 0 aliphatic carbocycles. The summed E-state index contributed by atoms with van der Waals surface area (Å²) >= 11 is 0. The number of nitrogens with zero attached hydrogens (tertiary/aromatic N) is 4. The standard InChI is InChI=1S/C21H23N5O3/c1-14(2)18(26-24-19(23-25-26)16-11-7-4-8-12-16)20(27)22-13-17(21(28)29)15-9-5-3-6-10-15/h3-12,14,17-18H,13H2,1-2H3,(H,22,27)(H,28,29). The van der Waals surface area contributed by atoms with Crippen LogP contribution in [0.5, 0.6) is 0 Å². The van der Waals surface area contributed by atoms with Crippen molar-refractivity contribution in [3.8, 4) is 11.4 Å². The molecular formula is C21H23N5O3. The maximum Gasteiger partial charge on any atom is 0.312 e. The lowest BCUT2D eigenvalue weighted by Crippen LogP contribution is -2.39. The first-order valence-electron chi connectivity index (χ1n) is 9.37. The Balaban J connectivity index is 1.75. The predicted octanol–water partition coefficient (Wildman–Crippen LogP) is 2.52. The van der Waals surface area contributed by atoms with Crippen LogP contribution in [-0.4, -0.2) is 43.7 Å². The average Bonchev–Trinajstić information content (AvgIpc) is 3.19. The molecule has 0 fully saturated rings. The van der Waals surface area contributed by atoms with Gasteiger partial charge < -0.3 is 10.4 Å². The van der Waals surface area contributed by atoms with E-state index in [2.05, 4.69) is 20.7 Å². The summed E-state index contributed by atoms with van der Waals surface area (Å²) in [6, 6.07) is 17.5. The Labute approximate surface area is 168 Å². The molecule has 3 aromatic rings. The normalized spacial score (nSPS) is 13.1. The van der Waals surface area contributed by atoms with Crippen LogP contribution in [0.15, 0.2) is 60.7 Å². The van der Waals surface area contributed by atoms with E-state index in [0.717, 1.165) is 5.56 Å². The molecule has 0 aliphatic heterocycles. The topological polar surface area (TPSA) is 110 Å². The van der Waals surface area contributed by atoms with E-state index in [1.54, 1.807) is 24.3 Å². The van der Waals surface area contributed by atoms with Crippen LogP contribution in [0, 0.1) is 5.92 Å². The molecular weight excluding hydrogens is 370 g/mol. The Bertz CT molecular complexity index is 957. The van der Waals surface area contributed by atoms with Gasteiger partial charge in [0.15, 0.2) is 6.04 Å². The van der Waals surface area contributed by atoms with Gasteiger partial charge in [0.1, 0.15) is 0 Å². The summed E-state index contributed by atoms with van der Waals surface area (Å²) in [6.07, 6.45) is 0. The highest BCUT2D eigenvalue weighted by Crippen LogP contribution is 2.20. The third-order valence-electron chi connectivity index (χ3n) is 4.59. The van der Waals surface area contributed by atoms with Crippen LogP contribution in [0.4, 0.5) is 0 Å². The van der Waals surface area contributed by atoms with E-state index in [1.807, 2.05) is 50.2 Å². The number of hydrogen-bond acceptors (Lipinski definition) is 5. The Hall–Kier alpha value is -3.55. The number of tetrazole rings is 1. The van der Waals surface area contributed by atoms with E-state index < -0.39 is 17.9 Å². The van der Waals surface area contributed by atoms with Gasteiger partial charge in [0.25, 0.3) is 0 Å². The zero-order valence-corrected chi connectivity index (χ0v) is 16.3. The molecule has 8 nitrogen and oxygen atoms in total. The second kappa shape index (κ2) is 9.09. The van der Waals surface area contributed by atoms with E-state index in [4.69, 9.17) is 0 Å². The van der Waals surface area contributed by atoms with E-state index in [-0.39, 0.29) is 18.4 Å². The SMILES string of the molecule is CC(C)C(C(=O)NCC(C(=O)O)c1ccccc1)n1nnc(-c2ccccc2)n1. The largest absolute Gasteiger partial charge is 0.481 e. The lowest BCUT2D eigenvalue weighted by molar-refractivity contribution is -0.138. The highest BCUT2D eigenvalue weighted by molar-refractivity contribution is 5.82. The highest BCUT2D eigenvalue weighted by Gasteiger charge is 2.29. The zero-order chi connectivity index (χ0) is 20.8. The number of carboxylic acids is 1. The van der Waals surface area contributed by atoms with Gasteiger partial charge in [0.05, 0.1) is 5.92 Å². The van der Waals surface area contributed by atoms with Crippen molar-refractivity contribution in [3.05, 3.63) is 66.2 Å². The molecule has 0 saturated carbocycles. The lowest BCUT2D eigenvalue weighted by Gasteiger charge is -2.20. The highest BCUT2D eigenvalue weighted by atomic mass is 16.4. The third kappa shape index (κ3) is 4.84. The first-order valence-corrected chi connectivity index (χ1v) is 9.37. The summed E-state index contributed by atoms with van der Waals surface area (Å²) in [5.41, 5.74) is 1.43. The van der Waals surface area contributed by atoms with Crippen LogP contribution < -0.4 is 5.32 Å². The van der Waals surface area contributed by atoms with Crippen molar-refractivity contribution in [2.75, 3.05) is 6.54 Å². The van der Waals surface area contributed by atoms with Gasteiger partial charge in [0, 0.05) is 12.1 Å². The van der Waals surface area contributed by atoms with Crippen molar-refractivity contribution in [2.45, 2.75) is 25.8 Å². The summed E-state index contributed by atoms with van der Waals surface area (Å²) in [7, 11) is 0. The molecule has 1 heterocycles. The minimum absolute atomic E-state index is 0.0262. The van der Waals surface area contributed by atoms with Gasteiger partial charge in [-0.3, -0.25) is 9.59 Å². The van der Waals surface area contributed by atoms with Crippen LogP contribution in [0.2, 0.25) is 0 Å². The number of nitrogens with one attached hydrogen (secondary N) is 1. The molecule has 0 bridgehead atoms. The third-order valence-corrected chi connectivity index (χ3v) is 4.59. The lowest BCUT2D eigenvalue weighted by atomic mass is 9.98. The summed E-state index contributed by atoms with van der Waals surface area (Å²) in [5, 5.41) is 24.8. The summed E-state index contributed by atoms with van der Waals surface area (Å²) in [6.45, 7) is 3.73. The Morgan fingerprint density at radius 1 is 1.03 bits per heavy atom. The molecule has 150 valence electrons. The number of aromatic nitrogens is 4. The maximum atomic E-state index is 12.9. The molecule has 3 rings (SSSR count). The van der Waals surface area contributed by atoms with Crippen LogP contribution in [0.25, 0.3) is 11.4 Å². The van der Waals surface area contributed by atoms with E-state index in [0.29, 0.717) is 11.4 Å². The summed E-state index contributed by atoms with van der Waals surface area (Å²) in [5.74, 6) is -1.87. The molecule has 2 aromatic carbocycles. The first-order chi connectivity index (χ1) is 14.0. The van der Waals surface area contributed by atoms with Crippen LogP contribution in [0.1, 0.15) is 31.4 Å². The molecule has 1 amide bonds. The molecule has 1 aromatic heterocycles. The Morgan fingerprint density at radius 2 is 1.66 bits per heavy atom. The van der Waals surface area contributed by atoms with Gasteiger partial charge in [-0.25, -0.2) is 0 Å².